The second-order valence-electron chi connectivity index (χ2n) is 5.03. The van der Waals surface area contributed by atoms with E-state index in [-0.39, 0.29) is 6.61 Å². The third-order valence-electron chi connectivity index (χ3n) is 3.08. The monoisotopic (exact) mass is 482 g/mol. The molecule has 0 amide bonds. The van der Waals surface area contributed by atoms with E-state index in [1.54, 1.807) is 12.1 Å². The molecule has 0 heterocycles. The van der Waals surface area contributed by atoms with E-state index in [4.69, 9.17) is 49.0 Å². The number of ether oxygens (including phenoxy) is 3. The summed E-state index contributed by atoms with van der Waals surface area (Å²) in [6.45, 7) is 0.848. The Kier molecular flexibility index (Phi) is 8.85. The van der Waals surface area contributed by atoms with Crippen LogP contribution in [0.25, 0.3) is 0 Å². The van der Waals surface area contributed by atoms with Gasteiger partial charge in [0.15, 0.2) is 11.0 Å². The Morgan fingerprint density at radius 3 is 2.19 bits per heavy atom. The summed E-state index contributed by atoms with van der Waals surface area (Å²) in [4.78, 5) is 0. The number of benzene rings is 2. The molecule has 0 saturated carbocycles. The summed E-state index contributed by atoms with van der Waals surface area (Å²) in [6.07, 6.45) is 1.74. The van der Waals surface area contributed by atoms with E-state index < -0.39 is 5.29 Å². The normalized spacial score (nSPS) is 11.3. The Labute approximate surface area is 174 Å². The van der Waals surface area contributed by atoms with Gasteiger partial charge < -0.3 is 14.2 Å². The van der Waals surface area contributed by atoms with Crippen molar-refractivity contribution in [1.82, 2.24) is 0 Å². The minimum Gasteiger partial charge on any atom is -0.493 e. The van der Waals surface area contributed by atoms with Crippen molar-refractivity contribution < 1.29 is 18.6 Å². The number of rotatable bonds is 9. The van der Waals surface area contributed by atoms with Gasteiger partial charge in [-0.25, -0.2) is 0 Å². The lowest BCUT2D eigenvalue weighted by Crippen LogP contribution is -2.05. The Bertz CT molecular complexity index is 727. The molecule has 0 fully saturated rings. The Morgan fingerprint density at radius 2 is 1.58 bits per heavy atom. The zero-order valence-corrected chi connectivity index (χ0v) is 17.3. The molecule has 2 rings (SSSR count). The summed E-state index contributed by atoms with van der Waals surface area (Å²) in [5, 5.41) is -0.235. The largest absolute Gasteiger partial charge is 0.493 e. The van der Waals surface area contributed by atoms with E-state index in [0.29, 0.717) is 41.2 Å². The summed E-state index contributed by atoms with van der Waals surface area (Å²) in [7, 11) is 0. The zero-order chi connectivity index (χ0) is 18.9. The van der Waals surface area contributed by atoms with Crippen LogP contribution in [0.1, 0.15) is 6.42 Å². The van der Waals surface area contributed by atoms with Gasteiger partial charge in [-0.1, -0.05) is 50.7 Å². The van der Waals surface area contributed by atoms with Crippen LogP contribution in [0, 0.1) is 0 Å². The third-order valence-corrected chi connectivity index (χ3v) is 4.32. The van der Waals surface area contributed by atoms with Crippen molar-refractivity contribution in [3.63, 3.8) is 0 Å². The lowest BCUT2D eigenvalue weighted by Gasteiger charge is -2.12. The van der Waals surface area contributed by atoms with Crippen molar-refractivity contribution in [2.24, 2.45) is 0 Å². The molecule has 0 aliphatic carbocycles. The molecule has 0 unspecified atom stereocenters. The molecule has 0 aliphatic rings. The summed E-state index contributed by atoms with van der Waals surface area (Å²) < 4.78 is 29.9. The van der Waals surface area contributed by atoms with Gasteiger partial charge in [0.1, 0.15) is 18.1 Å². The predicted molar refractivity (Wildman–Crippen MR) is 107 cm³/mol. The van der Waals surface area contributed by atoms with E-state index >= 15 is 0 Å². The van der Waals surface area contributed by atoms with Crippen LogP contribution in [0.5, 0.6) is 17.2 Å². The quantitative estimate of drug-likeness (QED) is 0.358. The summed E-state index contributed by atoms with van der Waals surface area (Å²) >= 11 is 20.8. The van der Waals surface area contributed by atoms with Crippen LogP contribution in [-0.4, -0.2) is 19.8 Å². The fourth-order valence-corrected chi connectivity index (χ4v) is 2.82. The van der Waals surface area contributed by atoms with E-state index in [2.05, 4.69) is 15.9 Å². The molecule has 26 heavy (non-hydrogen) atoms. The molecule has 0 N–H and O–H groups in total. The standard InChI is InChI=1S/C18H15BrCl3FO3/c19-12-2-4-13(5-3-12)24-7-1-8-26-18-15(20)10-14(11-16(18)21)25-9-6-17(22)23/h2-6,10-11H,1,7-9H2. The molecule has 0 atom stereocenters. The minimum atomic E-state index is -0.840. The topological polar surface area (TPSA) is 27.7 Å². The fraction of sp³-hybridized carbons (Fsp3) is 0.222. The van der Waals surface area contributed by atoms with Gasteiger partial charge in [0.25, 0.3) is 0 Å². The second-order valence-corrected chi connectivity index (χ2v) is 7.12. The van der Waals surface area contributed by atoms with Gasteiger partial charge in [0.2, 0.25) is 0 Å². The maximum atomic E-state index is 12.4. The van der Waals surface area contributed by atoms with Gasteiger partial charge in [0, 0.05) is 29.1 Å². The first-order chi connectivity index (χ1) is 12.5. The zero-order valence-electron chi connectivity index (χ0n) is 13.5. The van der Waals surface area contributed by atoms with Crippen LogP contribution in [0.3, 0.4) is 0 Å². The Hall–Kier alpha value is -1.14. The maximum absolute atomic E-state index is 12.4. The molecular formula is C18H15BrCl3FO3. The van der Waals surface area contributed by atoms with Crippen LogP contribution in [-0.2, 0) is 0 Å². The number of hydrogen-bond acceptors (Lipinski definition) is 3. The van der Waals surface area contributed by atoms with Crippen LogP contribution in [0.2, 0.25) is 10.0 Å². The molecule has 0 aliphatic heterocycles. The highest BCUT2D eigenvalue weighted by Crippen LogP contribution is 2.37. The van der Waals surface area contributed by atoms with Crippen LogP contribution in [0.15, 0.2) is 52.2 Å². The summed E-state index contributed by atoms with van der Waals surface area (Å²) in [5.74, 6) is 1.54. The minimum absolute atomic E-state index is 0.0322. The predicted octanol–water partition coefficient (Wildman–Crippen LogP) is 7.03. The van der Waals surface area contributed by atoms with E-state index in [1.807, 2.05) is 24.3 Å². The molecule has 2 aromatic rings. The van der Waals surface area contributed by atoms with Crippen molar-refractivity contribution in [3.05, 3.63) is 62.3 Å². The summed E-state index contributed by atoms with van der Waals surface area (Å²) in [6, 6.07) is 10.7. The average Bonchev–Trinajstić information content (AvgIpc) is 2.58. The van der Waals surface area contributed by atoms with Crippen LogP contribution in [0.4, 0.5) is 4.39 Å². The van der Waals surface area contributed by atoms with Gasteiger partial charge in [-0.15, -0.1) is 0 Å². The van der Waals surface area contributed by atoms with Gasteiger partial charge >= 0.3 is 0 Å². The molecule has 8 heteroatoms. The van der Waals surface area contributed by atoms with E-state index in [9.17, 15) is 4.39 Å². The Balaban J connectivity index is 1.79. The van der Waals surface area contributed by atoms with Gasteiger partial charge in [0.05, 0.1) is 23.3 Å². The smallest absolute Gasteiger partial charge is 0.188 e. The number of halogens is 5. The first kappa shape index (κ1) is 21.2. The van der Waals surface area contributed by atoms with Crippen LogP contribution < -0.4 is 14.2 Å². The first-order valence-electron chi connectivity index (χ1n) is 7.60. The highest BCUT2D eigenvalue weighted by molar-refractivity contribution is 9.10. The molecule has 0 aromatic heterocycles. The maximum Gasteiger partial charge on any atom is 0.188 e. The molecule has 0 spiro atoms. The van der Waals surface area contributed by atoms with Crippen molar-refractivity contribution in [2.45, 2.75) is 6.42 Å². The highest BCUT2D eigenvalue weighted by atomic mass is 79.9. The summed E-state index contributed by atoms with van der Waals surface area (Å²) in [5.41, 5.74) is 0. The fourth-order valence-electron chi connectivity index (χ4n) is 1.91. The SMILES string of the molecule is FC(Cl)=CCOc1cc(Cl)c(OCCCOc2ccc(Br)cc2)c(Cl)c1. The molecule has 0 saturated heterocycles. The van der Waals surface area contributed by atoms with Gasteiger partial charge in [-0.3, -0.25) is 0 Å². The molecule has 2 aromatic carbocycles. The molecule has 0 bridgehead atoms. The number of hydrogen-bond donors (Lipinski definition) is 0. The van der Waals surface area contributed by atoms with E-state index in [0.717, 1.165) is 16.3 Å². The van der Waals surface area contributed by atoms with Crippen molar-refractivity contribution >= 4 is 50.7 Å². The highest BCUT2D eigenvalue weighted by Gasteiger charge is 2.10. The lowest BCUT2D eigenvalue weighted by atomic mass is 10.3. The molecular weight excluding hydrogens is 469 g/mol. The molecule has 0 radical (unpaired) electrons. The van der Waals surface area contributed by atoms with Crippen molar-refractivity contribution in [2.75, 3.05) is 19.8 Å². The van der Waals surface area contributed by atoms with Gasteiger partial charge in [-0.05, 0) is 24.3 Å². The lowest BCUT2D eigenvalue weighted by molar-refractivity contribution is 0.247. The molecule has 140 valence electrons. The molecule has 3 nitrogen and oxygen atoms in total. The Morgan fingerprint density at radius 1 is 0.962 bits per heavy atom. The van der Waals surface area contributed by atoms with E-state index in [1.165, 1.54) is 0 Å². The van der Waals surface area contributed by atoms with Gasteiger partial charge in [-0.2, -0.15) is 4.39 Å². The van der Waals surface area contributed by atoms with Crippen molar-refractivity contribution in [1.29, 1.82) is 0 Å². The van der Waals surface area contributed by atoms with Crippen molar-refractivity contribution in [3.8, 4) is 17.2 Å². The van der Waals surface area contributed by atoms with Crippen LogP contribution >= 0.6 is 50.7 Å². The average molecular weight is 485 g/mol. The first-order valence-corrected chi connectivity index (χ1v) is 9.52. The second kappa shape index (κ2) is 10.9. The third kappa shape index (κ3) is 7.23.